The zero-order valence-electron chi connectivity index (χ0n) is 18.2. The van der Waals surface area contributed by atoms with E-state index in [1.165, 1.54) is 19.3 Å². The van der Waals surface area contributed by atoms with E-state index in [0.717, 1.165) is 55.7 Å². The van der Waals surface area contributed by atoms with Crippen LogP contribution in [0, 0.1) is 6.92 Å². The zero-order valence-corrected chi connectivity index (χ0v) is 18.2. The molecule has 3 amide bonds. The Kier molecular flexibility index (Phi) is 6.75. The van der Waals surface area contributed by atoms with Crippen molar-refractivity contribution >= 4 is 29.0 Å². The fourth-order valence-electron chi connectivity index (χ4n) is 4.54. The molecule has 2 aromatic carbocycles. The number of benzene rings is 2. The van der Waals surface area contributed by atoms with Crippen LogP contribution in [0.15, 0.2) is 42.5 Å². The number of amides is 3. The summed E-state index contributed by atoms with van der Waals surface area (Å²) in [4.78, 5) is 28.0. The first-order valence-electron chi connectivity index (χ1n) is 11.4. The molecule has 0 bridgehead atoms. The topological polar surface area (TPSA) is 73.5 Å². The average molecular weight is 421 g/mol. The maximum atomic E-state index is 13.2. The highest BCUT2D eigenvalue weighted by atomic mass is 16.2. The van der Waals surface area contributed by atoms with Crippen molar-refractivity contribution in [3.05, 3.63) is 53.6 Å². The first kappa shape index (κ1) is 21.2. The molecule has 0 radical (unpaired) electrons. The van der Waals surface area contributed by atoms with Crippen LogP contribution in [0.4, 0.5) is 21.9 Å². The summed E-state index contributed by atoms with van der Waals surface area (Å²) in [7, 11) is 0. The molecule has 0 unspecified atom stereocenters. The van der Waals surface area contributed by atoms with Crippen LogP contribution in [-0.2, 0) is 0 Å². The number of anilines is 3. The van der Waals surface area contributed by atoms with Gasteiger partial charge in [-0.15, -0.1) is 0 Å². The van der Waals surface area contributed by atoms with E-state index in [4.69, 9.17) is 0 Å². The third-order valence-corrected chi connectivity index (χ3v) is 6.28. The molecule has 31 heavy (non-hydrogen) atoms. The molecule has 1 saturated carbocycles. The molecule has 1 saturated heterocycles. The predicted octanol–water partition coefficient (Wildman–Crippen LogP) is 5.30. The first-order valence-corrected chi connectivity index (χ1v) is 11.4. The monoisotopic (exact) mass is 420 g/mol. The Labute approximate surface area is 184 Å². The molecule has 1 heterocycles. The Morgan fingerprint density at radius 2 is 1.65 bits per heavy atom. The summed E-state index contributed by atoms with van der Waals surface area (Å²) in [5.74, 6) is -0.0447. The highest BCUT2D eigenvalue weighted by molar-refractivity contribution is 6.04. The van der Waals surface area contributed by atoms with Crippen molar-refractivity contribution in [2.24, 2.45) is 0 Å². The van der Waals surface area contributed by atoms with Gasteiger partial charge in [0, 0.05) is 36.2 Å². The van der Waals surface area contributed by atoms with Gasteiger partial charge < -0.3 is 20.9 Å². The van der Waals surface area contributed by atoms with Crippen molar-refractivity contribution in [1.29, 1.82) is 0 Å². The van der Waals surface area contributed by atoms with Gasteiger partial charge in [0.25, 0.3) is 5.91 Å². The summed E-state index contributed by atoms with van der Waals surface area (Å²) >= 11 is 0. The molecule has 0 spiro atoms. The van der Waals surface area contributed by atoms with E-state index in [1.807, 2.05) is 49.4 Å². The lowest BCUT2D eigenvalue weighted by Gasteiger charge is -2.26. The summed E-state index contributed by atoms with van der Waals surface area (Å²) in [6, 6.07) is 13.2. The lowest BCUT2D eigenvalue weighted by Crippen LogP contribution is -2.37. The van der Waals surface area contributed by atoms with Crippen molar-refractivity contribution in [2.45, 2.75) is 57.9 Å². The molecule has 0 atom stereocenters. The number of aryl methyl sites for hydroxylation is 1. The second-order valence-electron chi connectivity index (χ2n) is 8.63. The van der Waals surface area contributed by atoms with Crippen LogP contribution in [0.25, 0.3) is 0 Å². The van der Waals surface area contributed by atoms with Gasteiger partial charge in [0.1, 0.15) is 0 Å². The predicted molar refractivity (Wildman–Crippen MR) is 126 cm³/mol. The van der Waals surface area contributed by atoms with E-state index in [9.17, 15) is 9.59 Å². The van der Waals surface area contributed by atoms with Gasteiger partial charge in [-0.05, 0) is 62.4 Å². The molecule has 6 heteroatoms. The molecular weight excluding hydrogens is 388 g/mol. The summed E-state index contributed by atoms with van der Waals surface area (Å²) in [5.41, 5.74) is 3.97. The maximum absolute atomic E-state index is 13.2. The molecule has 1 aliphatic carbocycles. The number of nitrogens with zero attached hydrogens (tertiary/aromatic N) is 1. The Morgan fingerprint density at radius 3 is 2.39 bits per heavy atom. The van der Waals surface area contributed by atoms with Crippen molar-refractivity contribution in [1.82, 2.24) is 5.32 Å². The number of carbonyl (C=O) groups excluding carboxylic acids is 2. The van der Waals surface area contributed by atoms with Crippen LogP contribution in [0.1, 0.15) is 60.9 Å². The lowest BCUT2D eigenvalue weighted by molar-refractivity contribution is 0.0928. The van der Waals surface area contributed by atoms with Crippen LogP contribution in [-0.4, -0.2) is 31.1 Å². The summed E-state index contributed by atoms with van der Waals surface area (Å²) in [6.07, 6.45) is 7.96. The van der Waals surface area contributed by atoms with Gasteiger partial charge in [-0.1, -0.05) is 37.5 Å². The number of nitrogens with one attached hydrogen (secondary N) is 3. The Bertz CT molecular complexity index is 931. The second-order valence-corrected chi connectivity index (χ2v) is 8.63. The normalized spacial score (nSPS) is 16.7. The maximum Gasteiger partial charge on any atom is 0.323 e. The lowest BCUT2D eigenvalue weighted by atomic mass is 9.95. The summed E-state index contributed by atoms with van der Waals surface area (Å²) in [5, 5.41) is 9.00. The molecule has 2 aromatic rings. The summed E-state index contributed by atoms with van der Waals surface area (Å²) in [6.45, 7) is 3.88. The minimum Gasteiger partial charge on any atom is -0.371 e. The molecule has 2 fully saturated rings. The molecular formula is C25H32N4O2. The van der Waals surface area contributed by atoms with Crippen LogP contribution >= 0.6 is 0 Å². The largest absolute Gasteiger partial charge is 0.371 e. The van der Waals surface area contributed by atoms with Crippen molar-refractivity contribution < 1.29 is 9.59 Å². The molecule has 0 aromatic heterocycles. The fourth-order valence-corrected chi connectivity index (χ4v) is 4.54. The Morgan fingerprint density at radius 1 is 0.903 bits per heavy atom. The van der Waals surface area contributed by atoms with Gasteiger partial charge in [-0.25, -0.2) is 4.79 Å². The van der Waals surface area contributed by atoms with E-state index in [2.05, 4.69) is 20.9 Å². The SMILES string of the molecule is Cc1ccccc1NC(=O)Nc1ccc(N2CCCC2)c(C(=O)NC2CCCCC2)c1. The minimum atomic E-state index is -0.318. The van der Waals surface area contributed by atoms with E-state index < -0.39 is 0 Å². The third kappa shape index (κ3) is 5.37. The number of rotatable bonds is 5. The highest BCUT2D eigenvalue weighted by Gasteiger charge is 2.23. The molecule has 4 rings (SSSR count). The number of urea groups is 1. The van der Waals surface area contributed by atoms with E-state index in [1.54, 1.807) is 0 Å². The van der Waals surface area contributed by atoms with E-state index >= 15 is 0 Å². The van der Waals surface area contributed by atoms with Gasteiger partial charge in [0.05, 0.1) is 5.56 Å². The number of carbonyl (C=O) groups is 2. The Balaban J connectivity index is 1.51. The minimum absolute atomic E-state index is 0.0447. The smallest absolute Gasteiger partial charge is 0.323 e. The van der Waals surface area contributed by atoms with Gasteiger partial charge in [-0.2, -0.15) is 0 Å². The van der Waals surface area contributed by atoms with Crippen molar-refractivity contribution in [2.75, 3.05) is 28.6 Å². The highest BCUT2D eigenvalue weighted by Crippen LogP contribution is 2.28. The molecule has 1 aliphatic heterocycles. The fraction of sp³-hybridized carbons (Fsp3) is 0.440. The van der Waals surface area contributed by atoms with Crippen molar-refractivity contribution in [3.63, 3.8) is 0 Å². The third-order valence-electron chi connectivity index (χ3n) is 6.28. The van der Waals surface area contributed by atoms with Crippen LogP contribution in [0.2, 0.25) is 0 Å². The number of hydrogen-bond acceptors (Lipinski definition) is 3. The Hall–Kier alpha value is -3.02. The van der Waals surface area contributed by atoms with Crippen LogP contribution in [0.5, 0.6) is 0 Å². The van der Waals surface area contributed by atoms with Gasteiger partial charge in [-0.3, -0.25) is 4.79 Å². The number of para-hydroxylation sites is 1. The quantitative estimate of drug-likeness (QED) is 0.614. The van der Waals surface area contributed by atoms with Crippen LogP contribution < -0.4 is 20.9 Å². The molecule has 164 valence electrons. The average Bonchev–Trinajstić information content (AvgIpc) is 3.31. The number of hydrogen-bond donors (Lipinski definition) is 3. The van der Waals surface area contributed by atoms with Gasteiger partial charge >= 0.3 is 6.03 Å². The first-order chi connectivity index (χ1) is 15.1. The summed E-state index contributed by atoms with van der Waals surface area (Å²) < 4.78 is 0. The van der Waals surface area contributed by atoms with Crippen molar-refractivity contribution in [3.8, 4) is 0 Å². The molecule has 6 nitrogen and oxygen atoms in total. The van der Waals surface area contributed by atoms with E-state index in [0.29, 0.717) is 11.3 Å². The molecule has 3 N–H and O–H groups in total. The molecule has 2 aliphatic rings. The van der Waals surface area contributed by atoms with Gasteiger partial charge in [0.15, 0.2) is 0 Å². The van der Waals surface area contributed by atoms with Crippen LogP contribution in [0.3, 0.4) is 0 Å². The second kappa shape index (κ2) is 9.86. The van der Waals surface area contributed by atoms with Gasteiger partial charge in [0.2, 0.25) is 0 Å². The zero-order chi connectivity index (χ0) is 21.6. The standard InChI is InChI=1S/C25H32N4O2/c1-18-9-5-6-12-22(18)28-25(31)27-20-13-14-23(29-15-7-8-16-29)21(17-20)24(30)26-19-10-3-2-4-11-19/h5-6,9,12-14,17,19H,2-4,7-8,10-11,15-16H2,1H3,(H,26,30)(H2,27,28,31). The van der Waals surface area contributed by atoms with E-state index in [-0.39, 0.29) is 18.0 Å².